The van der Waals surface area contributed by atoms with E-state index in [1.165, 1.54) is 11.3 Å². The van der Waals surface area contributed by atoms with Crippen LogP contribution in [0.25, 0.3) is 0 Å². The van der Waals surface area contributed by atoms with Gasteiger partial charge < -0.3 is 4.57 Å². The van der Waals surface area contributed by atoms with Crippen LogP contribution < -0.4 is 0 Å². The minimum absolute atomic E-state index is 0.0706. The van der Waals surface area contributed by atoms with E-state index in [9.17, 15) is 4.79 Å². The van der Waals surface area contributed by atoms with E-state index in [2.05, 4.69) is 4.98 Å². The molecule has 3 nitrogen and oxygen atoms in total. The third-order valence-corrected chi connectivity index (χ3v) is 3.29. The molecule has 2 heterocycles. The topological polar surface area (TPSA) is 34.9 Å². The smallest absolute Gasteiger partial charge is 0.238 e. The first kappa shape index (κ1) is 10.4. The average molecular weight is 241 g/mol. The fourth-order valence-electron chi connectivity index (χ4n) is 1.32. The van der Waals surface area contributed by atoms with Crippen molar-refractivity contribution in [3.05, 3.63) is 39.6 Å². The van der Waals surface area contributed by atoms with Gasteiger partial charge in [-0.05, 0) is 19.1 Å². The summed E-state index contributed by atoms with van der Waals surface area (Å²) in [7, 11) is 0. The number of rotatable bonds is 3. The van der Waals surface area contributed by atoms with Gasteiger partial charge in [0.1, 0.15) is 0 Å². The Labute approximate surface area is 96.3 Å². The highest BCUT2D eigenvalue weighted by molar-refractivity contribution is 7.18. The Balaban J connectivity index is 2.36. The van der Waals surface area contributed by atoms with Crippen molar-refractivity contribution < 1.29 is 4.79 Å². The normalized spacial score (nSPS) is 10.5. The molecule has 0 fully saturated rings. The molecule has 15 heavy (non-hydrogen) atoms. The second-order valence-corrected chi connectivity index (χ2v) is 4.68. The van der Waals surface area contributed by atoms with Crippen molar-refractivity contribution in [3.63, 3.8) is 0 Å². The summed E-state index contributed by atoms with van der Waals surface area (Å²) in [6.45, 7) is 2.71. The highest BCUT2D eigenvalue weighted by atomic mass is 35.5. The highest BCUT2D eigenvalue weighted by Crippen LogP contribution is 2.23. The van der Waals surface area contributed by atoms with Crippen LogP contribution in [-0.4, -0.2) is 15.3 Å². The molecule has 5 heteroatoms. The SMILES string of the molecule is CCn1ccnc1C(=O)c1ccc(Cl)s1. The summed E-state index contributed by atoms with van der Waals surface area (Å²) in [6.07, 6.45) is 3.42. The zero-order chi connectivity index (χ0) is 10.8. The minimum Gasteiger partial charge on any atom is -0.328 e. The number of ketones is 1. The van der Waals surface area contributed by atoms with Gasteiger partial charge >= 0.3 is 0 Å². The van der Waals surface area contributed by atoms with Gasteiger partial charge in [0.15, 0.2) is 5.82 Å². The first-order valence-corrected chi connectivity index (χ1v) is 5.73. The van der Waals surface area contributed by atoms with E-state index in [4.69, 9.17) is 11.6 Å². The lowest BCUT2D eigenvalue weighted by Crippen LogP contribution is -2.08. The minimum atomic E-state index is -0.0706. The van der Waals surface area contributed by atoms with Crippen LogP contribution in [0.5, 0.6) is 0 Å². The molecule has 78 valence electrons. The second kappa shape index (κ2) is 4.16. The van der Waals surface area contributed by atoms with Gasteiger partial charge in [0.05, 0.1) is 9.21 Å². The molecule has 0 N–H and O–H groups in total. The quantitative estimate of drug-likeness (QED) is 0.774. The maximum absolute atomic E-state index is 12.0. The predicted molar refractivity (Wildman–Crippen MR) is 60.7 cm³/mol. The van der Waals surface area contributed by atoms with Gasteiger partial charge in [0.25, 0.3) is 0 Å². The van der Waals surface area contributed by atoms with Crippen molar-refractivity contribution in [2.75, 3.05) is 0 Å². The van der Waals surface area contributed by atoms with E-state index >= 15 is 0 Å². The number of nitrogens with zero attached hydrogens (tertiary/aromatic N) is 2. The van der Waals surface area contributed by atoms with Crippen LogP contribution >= 0.6 is 22.9 Å². The van der Waals surface area contributed by atoms with Gasteiger partial charge in [-0.3, -0.25) is 4.79 Å². The van der Waals surface area contributed by atoms with Crippen LogP contribution in [0.15, 0.2) is 24.5 Å². The standard InChI is InChI=1S/C10H9ClN2OS/c1-2-13-6-5-12-10(13)9(14)7-3-4-8(11)15-7/h3-6H,2H2,1H3. The van der Waals surface area contributed by atoms with Crippen molar-refractivity contribution in [3.8, 4) is 0 Å². The van der Waals surface area contributed by atoms with Gasteiger partial charge in [-0.1, -0.05) is 11.6 Å². The number of carbonyl (C=O) groups excluding carboxylic acids is 1. The van der Waals surface area contributed by atoms with Crippen LogP contribution in [-0.2, 0) is 6.54 Å². The molecule has 0 unspecified atom stereocenters. The van der Waals surface area contributed by atoms with Crippen LogP contribution in [0.2, 0.25) is 4.34 Å². The van der Waals surface area contributed by atoms with Gasteiger partial charge in [-0.2, -0.15) is 0 Å². The Hall–Kier alpha value is -1.13. The number of halogens is 1. The van der Waals surface area contributed by atoms with E-state index in [1.54, 1.807) is 24.5 Å². The van der Waals surface area contributed by atoms with E-state index < -0.39 is 0 Å². The molecule has 0 aromatic carbocycles. The number of imidazole rings is 1. The van der Waals surface area contributed by atoms with Gasteiger partial charge in [-0.15, -0.1) is 11.3 Å². The molecule has 2 aromatic heterocycles. The lowest BCUT2D eigenvalue weighted by atomic mass is 10.3. The van der Waals surface area contributed by atoms with Crippen molar-refractivity contribution >= 4 is 28.7 Å². The van der Waals surface area contributed by atoms with Crippen LogP contribution in [0.4, 0.5) is 0 Å². The summed E-state index contributed by atoms with van der Waals surface area (Å²) in [5, 5.41) is 0. The zero-order valence-corrected chi connectivity index (χ0v) is 9.68. The molecule has 2 rings (SSSR count). The van der Waals surface area contributed by atoms with Crippen molar-refractivity contribution in [1.82, 2.24) is 9.55 Å². The third kappa shape index (κ3) is 1.96. The number of carbonyl (C=O) groups is 1. The fraction of sp³-hybridized carbons (Fsp3) is 0.200. The Bertz CT molecular complexity index is 489. The molecule has 0 radical (unpaired) electrons. The molecule has 0 amide bonds. The molecule has 0 aliphatic rings. The molecule has 0 bridgehead atoms. The Kier molecular flexibility index (Phi) is 2.88. The van der Waals surface area contributed by atoms with Gasteiger partial charge in [0, 0.05) is 18.9 Å². The monoisotopic (exact) mass is 240 g/mol. The number of hydrogen-bond donors (Lipinski definition) is 0. The summed E-state index contributed by atoms with van der Waals surface area (Å²) >= 11 is 7.05. The predicted octanol–water partition coefficient (Wildman–Crippen LogP) is 2.85. The first-order valence-electron chi connectivity index (χ1n) is 4.53. The molecular formula is C10H9ClN2OS. The maximum atomic E-state index is 12.0. The Morgan fingerprint density at radius 2 is 2.40 bits per heavy atom. The number of aromatic nitrogens is 2. The van der Waals surface area contributed by atoms with Gasteiger partial charge in [0.2, 0.25) is 5.78 Å². The molecular weight excluding hydrogens is 232 g/mol. The van der Waals surface area contributed by atoms with E-state index in [0.717, 1.165) is 6.54 Å². The van der Waals surface area contributed by atoms with Crippen LogP contribution in [0.1, 0.15) is 22.4 Å². The molecule has 0 aliphatic carbocycles. The summed E-state index contributed by atoms with van der Waals surface area (Å²) in [6, 6.07) is 3.45. The summed E-state index contributed by atoms with van der Waals surface area (Å²) in [4.78, 5) is 16.6. The molecule has 0 spiro atoms. The maximum Gasteiger partial charge on any atom is 0.238 e. The van der Waals surface area contributed by atoms with E-state index in [0.29, 0.717) is 15.0 Å². The number of thiophene rings is 1. The van der Waals surface area contributed by atoms with Crippen molar-refractivity contribution in [2.45, 2.75) is 13.5 Å². The average Bonchev–Trinajstić information content (AvgIpc) is 2.84. The Morgan fingerprint density at radius 3 is 3.00 bits per heavy atom. The summed E-state index contributed by atoms with van der Waals surface area (Å²) in [5.41, 5.74) is 0. The molecule has 0 atom stereocenters. The van der Waals surface area contributed by atoms with Crippen LogP contribution in [0.3, 0.4) is 0 Å². The van der Waals surface area contributed by atoms with Crippen molar-refractivity contribution in [1.29, 1.82) is 0 Å². The largest absolute Gasteiger partial charge is 0.328 e. The van der Waals surface area contributed by atoms with Crippen molar-refractivity contribution in [2.24, 2.45) is 0 Å². The molecule has 2 aromatic rings. The Morgan fingerprint density at radius 1 is 1.60 bits per heavy atom. The highest BCUT2D eigenvalue weighted by Gasteiger charge is 2.16. The molecule has 0 saturated heterocycles. The summed E-state index contributed by atoms with van der Waals surface area (Å²) in [5.74, 6) is 0.398. The molecule has 0 aliphatic heterocycles. The van der Waals surface area contributed by atoms with E-state index in [1.807, 2.05) is 11.5 Å². The number of hydrogen-bond acceptors (Lipinski definition) is 3. The first-order chi connectivity index (χ1) is 7.22. The third-order valence-electron chi connectivity index (χ3n) is 2.06. The second-order valence-electron chi connectivity index (χ2n) is 2.97. The zero-order valence-electron chi connectivity index (χ0n) is 8.11. The fourth-order valence-corrected chi connectivity index (χ4v) is 2.30. The molecule has 0 saturated carbocycles. The van der Waals surface area contributed by atoms with Crippen LogP contribution in [0, 0.1) is 0 Å². The number of aryl methyl sites for hydroxylation is 1. The van der Waals surface area contributed by atoms with Gasteiger partial charge in [-0.25, -0.2) is 4.98 Å². The lowest BCUT2D eigenvalue weighted by Gasteiger charge is -2.01. The lowest BCUT2D eigenvalue weighted by molar-refractivity contribution is 0.102. The van der Waals surface area contributed by atoms with E-state index in [-0.39, 0.29) is 5.78 Å². The summed E-state index contributed by atoms with van der Waals surface area (Å²) < 4.78 is 2.43.